The molecule has 0 fully saturated rings. The fourth-order valence-electron chi connectivity index (χ4n) is 3.34. The summed E-state index contributed by atoms with van der Waals surface area (Å²) in [4.78, 5) is 14.1. The molecule has 2 aliphatic rings. The SMILES string of the molecule is CSC1CC=C(c2ccc3c(c2)CN(C(=O)OC(C)(C)C)C3)CC1. The van der Waals surface area contributed by atoms with Gasteiger partial charge in [-0.15, -0.1) is 0 Å². The average molecular weight is 346 g/mol. The zero-order valence-electron chi connectivity index (χ0n) is 15.1. The lowest BCUT2D eigenvalue weighted by Crippen LogP contribution is -2.33. The number of nitrogens with zero attached hydrogens (tertiary/aromatic N) is 1. The van der Waals surface area contributed by atoms with Crippen molar-refractivity contribution in [1.82, 2.24) is 4.90 Å². The molecule has 0 N–H and O–H groups in total. The molecule has 24 heavy (non-hydrogen) atoms. The van der Waals surface area contributed by atoms with Crippen LogP contribution < -0.4 is 0 Å². The summed E-state index contributed by atoms with van der Waals surface area (Å²) in [5, 5.41) is 0.769. The molecular weight excluding hydrogens is 318 g/mol. The summed E-state index contributed by atoms with van der Waals surface area (Å²) in [7, 11) is 0. The molecule has 3 rings (SSSR count). The van der Waals surface area contributed by atoms with E-state index in [0.29, 0.717) is 13.1 Å². The van der Waals surface area contributed by atoms with Crippen molar-refractivity contribution < 1.29 is 9.53 Å². The van der Waals surface area contributed by atoms with Crippen LogP contribution in [0, 0.1) is 0 Å². The van der Waals surface area contributed by atoms with Crippen molar-refractivity contribution in [2.75, 3.05) is 6.26 Å². The molecule has 0 bridgehead atoms. The number of hydrogen-bond acceptors (Lipinski definition) is 3. The third-order valence-electron chi connectivity index (χ3n) is 4.65. The molecule has 0 aromatic heterocycles. The second kappa shape index (κ2) is 6.83. The van der Waals surface area contributed by atoms with Crippen molar-refractivity contribution in [3.63, 3.8) is 0 Å². The molecule has 3 nitrogen and oxygen atoms in total. The van der Waals surface area contributed by atoms with E-state index in [1.54, 1.807) is 4.90 Å². The van der Waals surface area contributed by atoms with E-state index in [1.807, 2.05) is 32.5 Å². The van der Waals surface area contributed by atoms with Crippen LogP contribution in [-0.4, -0.2) is 28.1 Å². The van der Waals surface area contributed by atoms with Crippen molar-refractivity contribution >= 4 is 23.4 Å². The normalized spacial score (nSPS) is 20.6. The molecular formula is C20H27NO2S. The highest BCUT2D eigenvalue weighted by molar-refractivity contribution is 7.99. The van der Waals surface area contributed by atoms with Crippen LogP contribution in [0.4, 0.5) is 4.79 Å². The number of allylic oxidation sites excluding steroid dienone is 2. The maximum atomic E-state index is 12.3. The Balaban J connectivity index is 1.70. The maximum Gasteiger partial charge on any atom is 0.410 e. The van der Waals surface area contributed by atoms with E-state index < -0.39 is 5.60 Å². The summed E-state index contributed by atoms with van der Waals surface area (Å²) in [5.74, 6) is 0. The molecule has 1 atom stereocenters. The summed E-state index contributed by atoms with van der Waals surface area (Å²) >= 11 is 1.97. The highest BCUT2D eigenvalue weighted by atomic mass is 32.2. The lowest BCUT2D eigenvalue weighted by Gasteiger charge is -2.24. The van der Waals surface area contributed by atoms with E-state index in [1.165, 1.54) is 28.7 Å². The van der Waals surface area contributed by atoms with Crippen LogP contribution in [0.25, 0.3) is 5.57 Å². The average Bonchev–Trinajstić information content (AvgIpc) is 2.96. The molecule has 1 aliphatic heterocycles. The smallest absolute Gasteiger partial charge is 0.410 e. The van der Waals surface area contributed by atoms with Crippen molar-refractivity contribution in [1.29, 1.82) is 0 Å². The predicted molar refractivity (Wildman–Crippen MR) is 101 cm³/mol. The summed E-state index contributed by atoms with van der Waals surface area (Å²) in [6.45, 7) is 7.02. The Morgan fingerprint density at radius 1 is 1.25 bits per heavy atom. The van der Waals surface area contributed by atoms with Crippen molar-refractivity contribution in [2.45, 2.75) is 64.0 Å². The minimum Gasteiger partial charge on any atom is -0.444 e. The molecule has 1 aliphatic carbocycles. The Bertz CT molecular complexity index is 660. The number of ether oxygens (including phenoxy) is 1. The first kappa shape index (κ1) is 17.4. The van der Waals surface area contributed by atoms with Crippen LogP contribution in [0.5, 0.6) is 0 Å². The minimum atomic E-state index is -0.447. The monoisotopic (exact) mass is 345 g/mol. The highest BCUT2D eigenvalue weighted by Crippen LogP contribution is 2.34. The largest absolute Gasteiger partial charge is 0.444 e. The quantitative estimate of drug-likeness (QED) is 0.734. The first-order valence-electron chi connectivity index (χ1n) is 8.67. The van der Waals surface area contributed by atoms with Gasteiger partial charge in [0, 0.05) is 18.3 Å². The second-order valence-corrected chi connectivity index (χ2v) is 8.82. The van der Waals surface area contributed by atoms with Gasteiger partial charge in [0.1, 0.15) is 5.60 Å². The zero-order valence-corrected chi connectivity index (χ0v) is 15.9. The summed E-state index contributed by atoms with van der Waals surface area (Å²) in [6.07, 6.45) is 7.95. The van der Waals surface area contributed by atoms with Gasteiger partial charge in [0.25, 0.3) is 0 Å². The van der Waals surface area contributed by atoms with Crippen molar-refractivity contribution in [2.24, 2.45) is 0 Å². The predicted octanol–water partition coefficient (Wildman–Crippen LogP) is 5.24. The van der Waals surface area contributed by atoms with Crippen LogP contribution in [0.15, 0.2) is 24.3 Å². The van der Waals surface area contributed by atoms with Gasteiger partial charge in [-0.05, 0) is 74.6 Å². The van der Waals surface area contributed by atoms with Gasteiger partial charge in [-0.3, -0.25) is 4.90 Å². The van der Waals surface area contributed by atoms with Crippen LogP contribution in [-0.2, 0) is 17.8 Å². The molecule has 4 heteroatoms. The van der Waals surface area contributed by atoms with E-state index >= 15 is 0 Å². The Morgan fingerprint density at radius 3 is 2.62 bits per heavy atom. The van der Waals surface area contributed by atoms with E-state index in [2.05, 4.69) is 30.5 Å². The third-order valence-corrected chi connectivity index (χ3v) is 5.74. The number of amides is 1. The van der Waals surface area contributed by atoms with Gasteiger partial charge in [-0.2, -0.15) is 11.8 Å². The van der Waals surface area contributed by atoms with Crippen LogP contribution >= 0.6 is 11.8 Å². The Labute approximate surface area is 149 Å². The molecule has 0 spiro atoms. The van der Waals surface area contributed by atoms with Gasteiger partial charge in [0.05, 0.1) is 0 Å². The number of carbonyl (C=O) groups excluding carboxylic acids is 1. The number of carbonyl (C=O) groups is 1. The molecule has 1 heterocycles. The number of thioether (sulfide) groups is 1. The van der Waals surface area contributed by atoms with Gasteiger partial charge in [0.15, 0.2) is 0 Å². The lowest BCUT2D eigenvalue weighted by molar-refractivity contribution is 0.0242. The summed E-state index contributed by atoms with van der Waals surface area (Å²) < 4.78 is 5.50. The summed E-state index contributed by atoms with van der Waals surface area (Å²) in [5.41, 5.74) is 4.82. The van der Waals surface area contributed by atoms with E-state index in [0.717, 1.165) is 18.1 Å². The molecule has 1 amide bonds. The van der Waals surface area contributed by atoms with Crippen LogP contribution in [0.1, 0.15) is 56.7 Å². The van der Waals surface area contributed by atoms with Gasteiger partial charge < -0.3 is 4.74 Å². The Hall–Kier alpha value is -1.42. The Morgan fingerprint density at radius 2 is 2.00 bits per heavy atom. The topological polar surface area (TPSA) is 29.5 Å². The van der Waals surface area contributed by atoms with Gasteiger partial charge in [0.2, 0.25) is 0 Å². The third kappa shape index (κ3) is 3.97. The highest BCUT2D eigenvalue weighted by Gasteiger charge is 2.28. The lowest BCUT2D eigenvalue weighted by atomic mass is 9.92. The standard InChI is InChI=1S/C20H27NO2S/c1-20(2,3)23-19(22)21-12-16-6-5-15(11-17(16)13-21)14-7-9-18(24-4)10-8-14/h5-7,11,18H,8-10,12-13H2,1-4H3. The fraction of sp³-hybridized carbons (Fsp3) is 0.550. The molecule has 0 saturated heterocycles. The number of rotatable bonds is 2. The van der Waals surface area contributed by atoms with Gasteiger partial charge in [-0.1, -0.05) is 18.2 Å². The molecule has 1 aromatic rings. The van der Waals surface area contributed by atoms with E-state index in [-0.39, 0.29) is 6.09 Å². The number of hydrogen-bond donors (Lipinski definition) is 0. The van der Waals surface area contributed by atoms with E-state index in [4.69, 9.17) is 4.74 Å². The first-order chi connectivity index (χ1) is 11.4. The molecule has 1 unspecified atom stereocenters. The van der Waals surface area contributed by atoms with Crippen LogP contribution in [0.3, 0.4) is 0 Å². The van der Waals surface area contributed by atoms with Gasteiger partial charge in [-0.25, -0.2) is 4.79 Å². The molecule has 130 valence electrons. The molecule has 0 radical (unpaired) electrons. The summed E-state index contributed by atoms with van der Waals surface area (Å²) in [6, 6.07) is 6.66. The van der Waals surface area contributed by atoms with Gasteiger partial charge >= 0.3 is 6.09 Å². The number of benzene rings is 1. The molecule has 0 saturated carbocycles. The first-order valence-corrected chi connectivity index (χ1v) is 9.96. The Kier molecular flexibility index (Phi) is 4.95. The minimum absolute atomic E-state index is 0.222. The zero-order chi connectivity index (χ0) is 17.3. The maximum absolute atomic E-state index is 12.3. The van der Waals surface area contributed by atoms with Crippen LogP contribution in [0.2, 0.25) is 0 Å². The number of fused-ring (bicyclic) bond motifs is 1. The van der Waals surface area contributed by atoms with Crippen molar-refractivity contribution in [3.8, 4) is 0 Å². The fourth-order valence-corrected chi connectivity index (χ4v) is 3.98. The van der Waals surface area contributed by atoms with E-state index in [9.17, 15) is 4.79 Å². The van der Waals surface area contributed by atoms with Crippen molar-refractivity contribution in [3.05, 3.63) is 41.0 Å². The second-order valence-electron chi connectivity index (χ2n) is 7.68. The molecule has 1 aromatic carbocycles.